The number of hydroxylamine groups is 1. The van der Waals surface area contributed by atoms with Gasteiger partial charge in [-0.1, -0.05) is 18.2 Å². The minimum absolute atomic E-state index is 0.0129. The molecule has 1 aromatic carbocycles. The highest BCUT2D eigenvalue weighted by Gasteiger charge is 2.18. The van der Waals surface area contributed by atoms with Gasteiger partial charge in [-0.25, -0.2) is 10.3 Å². The predicted octanol–water partition coefficient (Wildman–Crippen LogP) is 2.97. The van der Waals surface area contributed by atoms with Crippen LogP contribution in [0, 0.1) is 0 Å². The summed E-state index contributed by atoms with van der Waals surface area (Å²) < 4.78 is 5.23. The first-order chi connectivity index (χ1) is 12.7. The number of nitrogens with zero attached hydrogens (tertiary/aromatic N) is 1. The van der Waals surface area contributed by atoms with Crippen LogP contribution in [0.25, 0.3) is 0 Å². The maximum absolute atomic E-state index is 12.5. The number of carbonyl (C=O) groups excluding carboxylic acids is 3. The molecule has 0 atom stereocenters. The van der Waals surface area contributed by atoms with Crippen molar-refractivity contribution in [2.75, 3.05) is 5.32 Å². The summed E-state index contributed by atoms with van der Waals surface area (Å²) in [5, 5.41) is 11.2. The van der Waals surface area contributed by atoms with Crippen LogP contribution < -0.4 is 10.8 Å². The second-order valence-corrected chi connectivity index (χ2v) is 6.76. The Morgan fingerprint density at radius 2 is 1.81 bits per heavy atom. The van der Waals surface area contributed by atoms with E-state index in [-0.39, 0.29) is 17.9 Å². The van der Waals surface area contributed by atoms with Crippen LogP contribution in [0.3, 0.4) is 0 Å². The van der Waals surface area contributed by atoms with E-state index < -0.39 is 17.6 Å². The number of carbonyl (C=O) groups is 3. The zero-order valence-corrected chi connectivity index (χ0v) is 15.3. The predicted molar refractivity (Wildman–Crippen MR) is 97.8 cm³/mol. The number of ketones is 1. The summed E-state index contributed by atoms with van der Waals surface area (Å²) in [4.78, 5) is 39.6. The van der Waals surface area contributed by atoms with Gasteiger partial charge in [0.15, 0.2) is 5.78 Å². The van der Waals surface area contributed by atoms with E-state index in [0.717, 1.165) is 0 Å². The van der Waals surface area contributed by atoms with E-state index in [1.807, 2.05) is 0 Å². The molecule has 8 nitrogen and oxygen atoms in total. The summed E-state index contributed by atoms with van der Waals surface area (Å²) in [5.41, 5.74) is 2.22. The summed E-state index contributed by atoms with van der Waals surface area (Å²) in [6, 6.07) is 9.69. The molecule has 2 rings (SSSR count). The molecule has 0 spiro atoms. The molecule has 0 aliphatic rings. The summed E-state index contributed by atoms with van der Waals surface area (Å²) in [7, 11) is 0. The van der Waals surface area contributed by atoms with Crippen LogP contribution in [-0.2, 0) is 11.2 Å². The molecule has 2 amide bonds. The lowest BCUT2D eigenvalue weighted by atomic mass is 10.0. The van der Waals surface area contributed by atoms with Crippen LogP contribution in [0.1, 0.15) is 47.2 Å². The first-order valence-electron chi connectivity index (χ1n) is 8.21. The number of ether oxygens (including phenoxy) is 1. The molecule has 142 valence electrons. The van der Waals surface area contributed by atoms with Crippen molar-refractivity contribution in [1.29, 1.82) is 0 Å². The monoisotopic (exact) mass is 371 g/mol. The van der Waals surface area contributed by atoms with Crippen molar-refractivity contribution in [3.8, 4) is 0 Å². The molecule has 2 aromatic rings. The third-order valence-corrected chi connectivity index (χ3v) is 3.42. The van der Waals surface area contributed by atoms with Crippen molar-refractivity contribution in [3.05, 3.63) is 59.4 Å². The second-order valence-electron chi connectivity index (χ2n) is 6.76. The van der Waals surface area contributed by atoms with E-state index in [9.17, 15) is 14.4 Å². The number of nitrogens with one attached hydrogen (secondary N) is 2. The Balaban J connectivity index is 2.12. The number of anilines is 1. The number of hydrogen-bond donors (Lipinski definition) is 3. The first-order valence-corrected chi connectivity index (χ1v) is 8.21. The van der Waals surface area contributed by atoms with Crippen LogP contribution in [0.4, 0.5) is 10.5 Å². The minimum Gasteiger partial charge on any atom is -0.444 e. The molecule has 0 saturated heterocycles. The Kier molecular flexibility index (Phi) is 6.25. The molecule has 27 heavy (non-hydrogen) atoms. The van der Waals surface area contributed by atoms with Crippen LogP contribution in [0.15, 0.2) is 42.6 Å². The van der Waals surface area contributed by atoms with Crippen LogP contribution in [0.2, 0.25) is 0 Å². The van der Waals surface area contributed by atoms with Gasteiger partial charge < -0.3 is 4.74 Å². The molecular weight excluding hydrogens is 350 g/mol. The molecule has 0 unspecified atom stereocenters. The summed E-state index contributed by atoms with van der Waals surface area (Å²) in [6.07, 6.45) is 0.680. The fourth-order valence-corrected chi connectivity index (χ4v) is 2.24. The summed E-state index contributed by atoms with van der Waals surface area (Å²) in [6.45, 7) is 5.28. The highest BCUT2D eigenvalue weighted by molar-refractivity contribution is 5.99. The van der Waals surface area contributed by atoms with Crippen molar-refractivity contribution in [1.82, 2.24) is 10.5 Å². The maximum atomic E-state index is 12.5. The van der Waals surface area contributed by atoms with Gasteiger partial charge >= 0.3 is 6.09 Å². The number of pyridine rings is 1. The van der Waals surface area contributed by atoms with Gasteiger partial charge in [-0.2, -0.15) is 0 Å². The van der Waals surface area contributed by atoms with E-state index >= 15 is 0 Å². The SMILES string of the molecule is CC(C)(C)OC(=O)Nc1ccccc1CC(=O)c1ccc(C(=O)NO)nc1. The van der Waals surface area contributed by atoms with Crippen LogP contribution >= 0.6 is 0 Å². The lowest BCUT2D eigenvalue weighted by molar-refractivity contribution is 0.0634. The number of Topliss-reactive ketones (excluding diaryl/α,β-unsaturated/α-hetero) is 1. The van der Waals surface area contributed by atoms with Gasteiger partial charge in [0.05, 0.1) is 0 Å². The van der Waals surface area contributed by atoms with Gasteiger partial charge in [-0.3, -0.25) is 25.1 Å². The largest absolute Gasteiger partial charge is 0.444 e. The smallest absolute Gasteiger partial charge is 0.412 e. The lowest BCUT2D eigenvalue weighted by Crippen LogP contribution is -2.27. The van der Waals surface area contributed by atoms with E-state index in [1.54, 1.807) is 45.0 Å². The molecule has 0 radical (unpaired) electrons. The quantitative estimate of drug-likeness (QED) is 0.422. The Morgan fingerprint density at radius 1 is 1.11 bits per heavy atom. The number of rotatable bonds is 5. The number of amides is 2. The van der Waals surface area contributed by atoms with Crippen LogP contribution in [0.5, 0.6) is 0 Å². The fourth-order valence-electron chi connectivity index (χ4n) is 2.24. The Morgan fingerprint density at radius 3 is 2.41 bits per heavy atom. The number of benzene rings is 1. The first kappa shape index (κ1) is 20.1. The van der Waals surface area contributed by atoms with Gasteiger partial charge in [0.2, 0.25) is 0 Å². The van der Waals surface area contributed by atoms with E-state index in [0.29, 0.717) is 16.8 Å². The van der Waals surface area contributed by atoms with E-state index in [2.05, 4.69) is 10.3 Å². The van der Waals surface area contributed by atoms with Crippen molar-refractivity contribution >= 4 is 23.5 Å². The van der Waals surface area contributed by atoms with Crippen LogP contribution in [-0.4, -0.2) is 33.6 Å². The molecule has 0 aliphatic heterocycles. The average molecular weight is 371 g/mol. The molecule has 0 saturated carbocycles. The molecular formula is C19H21N3O5. The third kappa shape index (κ3) is 5.89. The van der Waals surface area contributed by atoms with Crippen molar-refractivity contribution in [2.45, 2.75) is 32.8 Å². The normalized spacial score (nSPS) is 10.8. The van der Waals surface area contributed by atoms with Crippen molar-refractivity contribution in [2.24, 2.45) is 0 Å². The number of aromatic nitrogens is 1. The summed E-state index contributed by atoms with van der Waals surface area (Å²) in [5.74, 6) is -1.00. The molecule has 0 bridgehead atoms. The van der Waals surface area contributed by atoms with E-state index in [4.69, 9.17) is 9.94 Å². The van der Waals surface area contributed by atoms with Gasteiger partial charge in [0.1, 0.15) is 11.3 Å². The molecule has 1 heterocycles. The van der Waals surface area contributed by atoms with Gasteiger partial charge in [-0.05, 0) is 44.5 Å². The van der Waals surface area contributed by atoms with Gasteiger partial charge in [-0.15, -0.1) is 0 Å². The van der Waals surface area contributed by atoms with Gasteiger partial charge in [0.25, 0.3) is 5.91 Å². The molecule has 3 N–H and O–H groups in total. The molecule has 1 aromatic heterocycles. The highest BCUT2D eigenvalue weighted by atomic mass is 16.6. The third-order valence-electron chi connectivity index (χ3n) is 3.42. The van der Waals surface area contributed by atoms with Crippen molar-refractivity contribution in [3.63, 3.8) is 0 Å². The zero-order chi connectivity index (χ0) is 20.0. The average Bonchev–Trinajstić information content (AvgIpc) is 2.61. The minimum atomic E-state index is -0.763. The van der Waals surface area contributed by atoms with E-state index in [1.165, 1.54) is 23.8 Å². The second kappa shape index (κ2) is 8.41. The lowest BCUT2D eigenvalue weighted by Gasteiger charge is -2.20. The maximum Gasteiger partial charge on any atom is 0.412 e. The highest BCUT2D eigenvalue weighted by Crippen LogP contribution is 2.19. The molecule has 0 aliphatic carbocycles. The standard InChI is InChI=1S/C19H21N3O5/c1-19(2,3)27-18(25)21-14-7-5-4-6-12(14)10-16(23)13-8-9-15(20-11-13)17(24)22-26/h4-9,11,26H,10H2,1-3H3,(H,21,25)(H,22,24). The Labute approximate surface area is 156 Å². The molecule has 8 heteroatoms. The van der Waals surface area contributed by atoms with Gasteiger partial charge in [0, 0.05) is 23.9 Å². The Hall–Kier alpha value is -3.26. The molecule has 0 fully saturated rings. The number of para-hydroxylation sites is 1. The van der Waals surface area contributed by atoms with Crippen molar-refractivity contribution < 1.29 is 24.3 Å². The summed E-state index contributed by atoms with van der Waals surface area (Å²) >= 11 is 0. The number of hydrogen-bond acceptors (Lipinski definition) is 6. The Bertz CT molecular complexity index is 841. The topological polar surface area (TPSA) is 118 Å². The zero-order valence-electron chi connectivity index (χ0n) is 15.3. The fraction of sp³-hybridized carbons (Fsp3) is 0.263.